The highest BCUT2D eigenvalue weighted by Crippen LogP contribution is 2.50. The Bertz CT molecular complexity index is 5150. The Labute approximate surface area is 698 Å². The molecule has 16 rings (SSSR count). The smallest absolute Gasteiger partial charge is 0.338 e. The summed E-state index contributed by atoms with van der Waals surface area (Å²) in [5, 5.41) is 48.8. The fraction of sp³-hybridized carbons (Fsp3) is 0.566. The Morgan fingerprint density at radius 3 is 1.30 bits per heavy atom. The first-order valence-electron chi connectivity index (χ1n) is 40.5. The van der Waals surface area contributed by atoms with Crippen molar-refractivity contribution in [3.05, 3.63) is 137 Å². The second kappa shape index (κ2) is 33.4. The Morgan fingerprint density at radius 1 is 0.504 bits per heavy atom. The molecule has 9 aromatic rings. The Morgan fingerprint density at radius 2 is 0.913 bits per heavy atom. The minimum atomic E-state index is -2.06. The van der Waals surface area contributed by atoms with E-state index in [1.807, 2.05) is 90.5 Å². The van der Waals surface area contributed by atoms with E-state index in [-0.39, 0.29) is 78.6 Å². The summed E-state index contributed by atoms with van der Waals surface area (Å²) in [5.74, 6) is -0.621. The van der Waals surface area contributed by atoms with Gasteiger partial charge in [0.05, 0.1) is 59.7 Å². The van der Waals surface area contributed by atoms with Crippen LogP contribution in [-0.2, 0) is 19.1 Å². The van der Waals surface area contributed by atoms with E-state index in [0.29, 0.717) is 170 Å². The molecule has 1 aliphatic carbocycles. The number of aromatic nitrogens is 12. The highest BCUT2D eigenvalue weighted by molar-refractivity contribution is 6.36. The van der Waals surface area contributed by atoms with Gasteiger partial charge in [-0.2, -0.15) is 15.3 Å². The second-order valence-corrected chi connectivity index (χ2v) is 36.4. The van der Waals surface area contributed by atoms with Crippen LogP contribution in [0.25, 0.3) is 33.5 Å². The van der Waals surface area contributed by atoms with Gasteiger partial charge in [0.1, 0.15) is 34.0 Å². The Kier molecular flexibility index (Phi) is 23.7. The zero-order chi connectivity index (χ0) is 80.9. The van der Waals surface area contributed by atoms with E-state index in [2.05, 4.69) is 50.2 Å². The van der Waals surface area contributed by atoms with Crippen molar-refractivity contribution in [3.63, 3.8) is 0 Å². The van der Waals surface area contributed by atoms with Gasteiger partial charge in [-0.15, -0.1) is 0 Å². The molecule has 3 aromatic carbocycles. The van der Waals surface area contributed by atoms with Crippen molar-refractivity contribution in [2.45, 2.75) is 192 Å². The first-order chi connectivity index (χ1) is 55.1. The van der Waals surface area contributed by atoms with E-state index in [1.165, 1.54) is 7.11 Å². The summed E-state index contributed by atoms with van der Waals surface area (Å²) >= 11 is 40.9. The zero-order valence-electron chi connectivity index (χ0n) is 65.8. The summed E-state index contributed by atoms with van der Waals surface area (Å²) in [4.78, 5) is 82.8. The van der Waals surface area contributed by atoms with Crippen LogP contribution >= 0.6 is 69.6 Å². The van der Waals surface area contributed by atoms with Gasteiger partial charge in [0.15, 0.2) is 29.2 Å². The number of piperidine rings is 3. The van der Waals surface area contributed by atoms with Gasteiger partial charge in [-0.25, -0.2) is 57.9 Å². The number of likely N-dealkylation sites (tertiary alicyclic amines) is 3. The molecule has 0 spiro atoms. The SMILES string of the molecule is COC(CC1CC(CC(c2ccc(Cl)cc2Cl)n2nc(C)c3ncc(N4CCC(N5CCCC5C5CC5C(=O)O)C(C)C4)nc32)CN1C1CCN(c2cnc3c(C)nn(C(CC4CC(CC(F)C(=O)O)N(C5CCN(c6cnc7c(C)nn(C(C)c8ccc(Cl)cc8Cl)c7n6)CC5C)C4)c4ccc(Cl)cc4Cl)c3n2)CC1C)C(=O)O. The van der Waals surface area contributed by atoms with Gasteiger partial charge >= 0.3 is 17.9 Å². The third-order valence-corrected chi connectivity index (χ3v) is 28.2. The number of aliphatic carboxylic acids is 3. The van der Waals surface area contributed by atoms with Crippen LogP contribution in [0.3, 0.4) is 0 Å². The summed E-state index contributed by atoms with van der Waals surface area (Å²) in [5.41, 5.74) is 8.47. The highest BCUT2D eigenvalue weighted by atomic mass is 35.5. The fourth-order valence-electron chi connectivity index (χ4n) is 20.8. The largest absolute Gasteiger partial charge is 0.481 e. The molecule has 612 valence electrons. The molecule has 25 nitrogen and oxygen atoms in total. The summed E-state index contributed by atoms with van der Waals surface area (Å²) in [6.45, 7) is 20.9. The van der Waals surface area contributed by atoms with Crippen LogP contribution in [0, 0.1) is 62.2 Å². The Balaban J connectivity index is 0.638. The van der Waals surface area contributed by atoms with Crippen molar-refractivity contribution in [2.75, 3.05) is 80.7 Å². The summed E-state index contributed by atoms with van der Waals surface area (Å²) in [7, 11) is 1.46. The maximum atomic E-state index is 15.8. The molecule has 3 N–H and O–H groups in total. The normalized spacial score (nSPS) is 27.2. The van der Waals surface area contributed by atoms with Crippen LogP contribution in [0.4, 0.5) is 21.8 Å². The molecule has 12 heterocycles. The molecule has 7 aliphatic rings. The van der Waals surface area contributed by atoms with E-state index in [0.717, 1.165) is 85.6 Å². The van der Waals surface area contributed by atoms with E-state index < -0.39 is 42.3 Å². The number of carboxylic acid groups (broad SMARTS) is 3. The number of anilines is 3. The number of benzene rings is 3. The van der Waals surface area contributed by atoms with Gasteiger partial charge in [-0.05, 0) is 193 Å². The lowest BCUT2D eigenvalue weighted by molar-refractivity contribution is -0.150. The third-order valence-electron chi connectivity index (χ3n) is 26.5. The number of halogens is 7. The number of aryl methyl sites for hydroxylation is 3. The highest BCUT2D eigenvalue weighted by Gasteiger charge is 2.53. The van der Waals surface area contributed by atoms with E-state index in [9.17, 15) is 29.7 Å². The molecule has 6 aromatic heterocycles. The lowest BCUT2D eigenvalue weighted by Gasteiger charge is -2.44. The molecular weight excluding hydrogens is 1590 g/mol. The molecule has 6 saturated heterocycles. The number of methoxy groups -OCH3 is 1. The number of ether oxygens (including phenoxy) is 1. The lowest BCUT2D eigenvalue weighted by atomic mass is 9.91. The average Bonchev–Trinajstić information content (AvgIpc) is 1.84. The average molecular weight is 1690 g/mol. The number of nitrogens with zero attached hydrogens (tertiary/aromatic N) is 18. The molecule has 18 atom stereocenters. The molecule has 18 unspecified atom stereocenters. The molecule has 115 heavy (non-hydrogen) atoms. The quantitative estimate of drug-likeness (QED) is 0.0480. The zero-order valence-corrected chi connectivity index (χ0v) is 70.4. The number of alkyl halides is 1. The van der Waals surface area contributed by atoms with Crippen LogP contribution in [-0.4, -0.2) is 222 Å². The standard InChI is InChI=1S/C83H99Cl6FN18O7/c1-42-37-100(21-17-65(42)103-20-9-10-68(103)59-33-60(59)81(109)110)73-35-92-76-47(6)99-108(79(76)95-73)70(58-16-13-53(86)30-63(58)89)27-50-25-55(32-71(115-8)83(113)114)105(41-50)67-19-23-102(39-44(67)3)74-36-93-77-46(5)98-107(80(77)96-74)69(57-15-12-52(85)29-62(57)88)26-49-24-54(31-64(90)82(111)112)104(40-49)66-18-22-101(38-43(66)2)72-34-91-75-45(4)97-106(78(75)94-72)48(7)56-14-11-51(84)28-61(56)87/h11-16,28-30,34-36,42-44,48-50,54-55,59-60,64-71H,9-10,17-27,31-33,37-41H2,1-8H3,(H,109,110)(H,111,112)(H,113,114). The second-order valence-electron chi connectivity index (χ2n) is 33.8. The molecule has 1 saturated carbocycles. The van der Waals surface area contributed by atoms with Crippen LogP contribution in [0.1, 0.15) is 157 Å². The maximum absolute atomic E-state index is 15.8. The molecule has 0 radical (unpaired) electrons. The summed E-state index contributed by atoms with van der Waals surface area (Å²) < 4.78 is 27.4. The lowest BCUT2D eigenvalue weighted by Crippen LogP contribution is -2.52. The van der Waals surface area contributed by atoms with E-state index in [4.69, 9.17) is 120 Å². The van der Waals surface area contributed by atoms with E-state index >= 15 is 4.39 Å². The van der Waals surface area contributed by atoms with Crippen molar-refractivity contribution >= 4 is 138 Å². The predicted octanol–water partition coefficient (Wildman–Crippen LogP) is 15.4. The van der Waals surface area contributed by atoms with Crippen molar-refractivity contribution in [1.29, 1.82) is 0 Å². The van der Waals surface area contributed by atoms with Gasteiger partial charge in [0.2, 0.25) is 0 Å². The number of rotatable bonds is 25. The van der Waals surface area contributed by atoms with Crippen LogP contribution < -0.4 is 14.7 Å². The first kappa shape index (κ1) is 81.4. The molecule has 6 aliphatic heterocycles. The topological polar surface area (TPSA) is 271 Å². The maximum Gasteiger partial charge on any atom is 0.338 e. The first-order valence-corrected chi connectivity index (χ1v) is 42.8. The summed E-state index contributed by atoms with van der Waals surface area (Å²) in [6, 6.07) is 15.5. The van der Waals surface area contributed by atoms with Gasteiger partial charge in [0, 0.05) is 132 Å². The number of hydrogen-bond acceptors (Lipinski definition) is 19. The predicted molar refractivity (Wildman–Crippen MR) is 445 cm³/mol. The van der Waals surface area contributed by atoms with Crippen LogP contribution in [0.5, 0.6) is 0 Å². The van der Waals surface area contributed by atoms with Crippen LogP contribution in [0.2, 0.25) is 30.1 Å². The molecule has 32 heteroatoms. The van der Waals surface area contributed by atoms with E-state index in [1.54, 1.807) is 24.4 Å². The van der Waals surface area contributed by atoms with Crippen molar-refractivity contribution in [3.8, 4) is 0 Å². The van der Waals surface area contributed by atoms with Gasteiger partial charge < -0.3 is 34.8 Å². The number of fused-ring (bicyclic) bond motifs is 3. The molecule has 0 amide bonds. The fourth-order valence-corrected chi connectivity index (χ4v) is 22.5. The van der Waals surface area contributed by atoms with Crippen molar-refractivity contribution in [2.24, 2.45) is 41.4 Å². The van der Waals surface area contributed by atoms with Gasteiger partial charge in [0.25, 0.3) is 0 Å². The number of carboxylic acids is 3. The van der Waals surface area contributed by atoms with Crippen molar-refractivity contribution in [1.82, 2.24) is 73.9 Å². The Hall–Kier alpha value is -7.37. The molecular formula is C83H99Cl6FN18O7. The number of carbonyl (C=O) groups is 3. The number of hydrogen-bond donors (Lipinski definition) is 3. The van der Waals surface area contributed by atoms with Gasteiger partial charge in [-0.3, -0.25) is 19.5 Å². The molecule has 7 fully saturated rings. The van der Waals surface area contributed by atoms with Crippen molar-refractivity contribution < 1.29 is 38.8 Å². The minimum Gasteiger partial charge on any atom is -0.481 e. The monoisotopic (exact) mass is 1690 g/mol. The van der Waals surface area contributed by atoms with Gasteiger partial charge in [-0.1, -0.05) is 109 Å². The summed E-state index contributed by atoms with van der Waals surface area (Å²) in [6.07, 6.45) is 10.1. The molecule has 0 bridgehead atoms. The third kappa shape index (κ3) is 16.3. The van der Waals surface area contributed by atoms with Crippen LogP contribution in [0.15, 0.2) is 73.2 Å². The minimum absolute atomic E-state index is 0.0138.